The van der Waals surface area contributed by atoms with E-state index in [-0.39, 0.29) is 6.71 Å². The van der Waals surface area contributed by atoms with Gasteiger partial charge in [0.05, 0.1) is 0 Å². The van der Waals surface area contributed by atoms with Crippen LogP contribution in [-0.2, 0) is 0 Å². The van der Waals surface area contributed by atoms with Gasteiger partial charge in [-0.15, -0.1) is 0 Å². The first-order valence-corrected chi connectivity index (χ1v) is 27.9. The van der Waals surface area contributed by atoms with E-state index >= 15 is 0 Å². The highest BCUT2D eigenvalue weighted by atomic mass is 16.3. The summed E-state index contributed by atoms with van der Waals surface area (Å²) in [6.07, 6.45) is 0. The second-order valence-corrected chi connectivity index (χ2v) is 21.7. The van der Waals surface area contributed by atoms with Crippen LogP contribution >= 0.6 is 0 Å². The van der Waals surface area contributed by atoms with Crippen molar-refractivity contribution < 1.29 is 17.7 Å². The lowest BCUT2D eigenvalue weighted by Crippen LogP contribution is -2.61. The zero-order chi connectivity index (χ0) is 54.0. The lowest BCUT2D eigenvalue weighted by Gasteiger charge is -2.44. The molecule has 82 heavy (non-hydrogen) atoms. The van der Waals surface area contributed by atoms with Crippen molar-refractivity contribution in [3.05, 3.63) is 272 Å². The van der Waals surface area contributed by atoms with Crippen molar-refractivity contribution >= 4 is 101 Å². The van der Waals surface area contributed by atoms with E-state index in [1.54, 1.807) is 0 Å². The van der Waals surface area contributed by atoms with Crippen LogP contribution in [0, 0.1) is 6.92 Å². The van der Waals surface area contributed by atoms with E-state index in [1.807, 2.05) is 48.5 Å². The van der Waals surface area contributed by atoms with Crippen molar-refractivity contribution in [2.45, 2.75) is 6.92 Å². The first-order valence-electron chi connectivity index (χ1n) is 27.9. The van der Waals surface area contributed by atoms with Gasteiger partial charge in [0.15, 0.2) is 0 Å². The van der Waals surface area contributed by atoms with Gasteiger partial charge in [-0.2, -0.15) is 0 Å². The van der Waals surface area contributed by atoms with Crippen LogP contribution in [0.1, 0.15) is 5.56 Å². The van der Waals surface area contributed by atoms with E-state index in [9.17, 15) is 0 Å². The van der Waals surface area contributed by atoms with Crippen LogP contribution in [-0.4, -0.2) is 6.71 Å². The predicted molar refractivity (Wildman–Crippen MR) is 337 cm³/mol. The number of hydrogen-bond donors (Lipinski definition) is 0. The molecule has 0 saturated carbocycles. The predicted octanol–water partition coefficient (Wildman–Crippen LogP) is 19.1. The molecule has 0 saturated heterocycles. The fourth-order valence-electron chi connectivity index (χ4n) is 12.8. The molecule has 0 spiro atoms. The molecule has 0 aliphatic carbocycles. The summed E-state index contributed by atoms with van der Waals surface area (Å²) in [5, 5.41) is 4.17. The molecule has 6 nitrogen and oxygen atoms in total. The maximum Gasteiger partial charge on any atom is 0.252 e. The Balaban J connectivity index is 0.952. The molecule has 7 heteroatoms. The Morgan fingerprint density at radius 2 is 0.598 bits per heavy atom. The highest BCUT2D eigenvalue weighted by Gasteiger charge is 2.44. The van der Waals surface area contributed by atoms with Crippen molar-refractivity contribution in [1.82, 2.24) is 0 Å². The first-order chi connectivity index (χ1) is 40.5. The molecular weight excluding hydrogens is 1000 g/mol. The van der Waals surface area contributed by atoms with Gasteiger partial charge in [0.2, 0.25) is 0 Å². The minimum absolute atomic E-state index is 0.153. The summed E-state index contributed by atoms with van der Waals surface area (Å²) in [6, 6.07) is 95.4. The fraction of sp³-hybridized carbons (Fsp3) is 0.0133. The van der Waals surface area contributed by atoms with Gasteiger partial charge in [-0.05, 0) is 160 Å². The third-order valence-corrected chi connectivity index (χ3v) is 16.6. The van der Waals surface area contributed by atoms with Gasteiger partial charge >= 0.3 is 0 Å². The zero-order valence-corrected chi connectivity index (χ0v) is 44.5. The van der Waals surface area contributed by atoms with Crippen molar-refractivity contribution in [2.24, 2.45) is 0 Å². The minimum atomic E-state index is -0.153. The molecule has 0 unspecified atom stereocenters. The molecule has 17 rings (SSSR count). The number of hydrogen-bond acceptors (Lipinski definition) is 6. The molecule has 2 aliphatic heterocycles. The van der Waals surface area contributed by atoms with Gasteiger partial charge < -0.3 is 27.5 Å². The summed E-state index contributed by atoms with van der Waals surface area (Å²) in [5.41, 5.74) is 22.7. The Kier molecular flexibility index (Phi) is 10.2. The standard InChI is InChI=1S/C75H47BN2O4/c1-46-32-65-75-66(33-46)78(60-38-57(73-44-53-22-10-14-26-69(53)81-73)35-58(39-60)74-45-54-23-11-15-27-70(54)82-74)64-41-50(48-18-6-3-7-19-48)29-31-62(64)76(75)61-30-28-49(47-16-4-2-5-17-47)40-63(61)77(65)59-36-55(71-42-51-20-8-12-24-67(51)79-71)34-56(37-59)72-43-52-21-9-13-25-68(52)80-72/h2-45H,1H3. The van der Waals surface area contributed by atoms with Gasteiger partial charge in [0.25, 0.3) is 6.71 Å². The van der Waals surface area contributed by atoms with Crippen LogP contribution in [0.25, 0.3) is 111 Å². The number of nitrogens with zero attached hydrogens (tertiary/aromatic N) is 2. The molecule has 6 heterocycles. The summed E-state index contributed by atoms with van der Waals surface area (Å²) < 4.78 is 26.9. The molecule has 0 N–H and O–H groups in total. The minimum Gasteiger partial charge on any atom is -0.456 e. The highest BCUT2D eigenvalue weighted by molar-refractivity contribution is 7.00. The maximum atomic E-state index is 6.74. The number of para-hydroxylation sites is 4. The molecule has 4 aromatic heterocycles. The summed E-state index contributed by atoms with van der Waals surface area (Å²) in [7, 11) is 0. The summed E-state index contributed by atoms with van der Waals surface area (Å²) >= 11 is 0. The number of anilines is 6. The van der Waals surface area contributed by atoms with Gasteiger partial charge in [0, 0.05) is 77.9 Å². The third-order valence-electron chi connectivity index (χ3n) is 16.6. The Morgan fingerprint density at radius 1 is 0.268 bits per heavy atom. The van der Waals surface area contributed by atoms with E-state index < -0.39 is 0 Å². The molecule has 0 fully saturated rings. The van der Waals surface area contributed by atoms with Crippen LogP contribution in [0.15, 0.2) is 285 Å². The van der Waals surface area contributed by atoms with Gasteiger partial charge in [-0.1, -0.05) is 158 Å². The Morgan fingerprint density at radius 3 is 0.939 bits per heavy atom. The van der Waals surface area contributed by atoms with Gasteiger partial charge in [-0.25, -0.2) is 0 Å². The first kappa shape index (κ1) is 46.2. The van der Waals surface area contributed by atoms with Crippen LogP contribution in [0.3, 0.4) is 0 Å². The molecular formula is C75H47BN2O4. The van der Waals surface area contributed by atoms with Crippen molar-refractivity contribution in [2.75, 3.05) is 9.80 Å². The number of rotatable bonds is 8. The van der Waals surface area contributed by atoms with Crippen LogP contribution in [0.5, 0.6) is 0 Å². The van der Waals surface area contributed by atoms with Crippen LogP contribution < -0.4 is 26.2 Å². The maximum absolute atomic E-state index is 6.74. The lowest BCUT2D eigenvalue weighted by atomic mass is 9.33. The number of benzene rings is 11. The smallest absolute Gasteiger partial charge is 0.252 e. The molecule has 0 bridgehead atoms. The second-order valence-electron chi connectivity index (χ2n) is 21.7. The van der Waals surface area contributed by atoms with E-state index in [4.69, 9.17) is 17.7 Å². The monoisotopic (exact) mass is 1050 g/mol. The normalized spacial score (nSPS) is 12.6. The topological polar surface area (TPSA) is 59.0 Å². The molecule has 384 valence electrons. The molecule has 0 amide bonds. The molecule has 0 radical (unpaired) electrons. The second kappa shape index (κ2) is 18.1. The average Bonchev–Trinajstić information content (AvgIpc) is 2.51. The van der Waals surface area contributed by atoms with E-state index in [0.29, 0.717) is 0 Å². The number of fused-ring (bicyclic) bond motifs is 8. The number of furan rings is 4. The summed E-state index contributed by atoms with van der Waals surface area (Å²) in [6.45, 7) is 2.07. The summed E-state index contributed by atoms with van der Waals surface area (Å²) in [5.74, 6) is 3.11. The Bertz CT molecular complexity index is 4420. The quantitative estimate of drug-likeness (QED) is 0.141. The van der Waals surface area contributed by atoms with E-state index in [0.717, 1.165) is 151 Å². The SMILES string of the molecule is Cc1cc2c3c(c1)N(c1cc(-c4cc5ccccc5o4)cc(-c4cc5ccccc5o4)c1)c1cc(-c4ccccc4)ccc1B3c1ccc(-c3ccccc3)cc1N2c1cc(-c2cc3ccccc3o2)cc(-c2cc3ccccc3o2)c1. The summed E-state index contributed by atoms with van der Waals surface area (Å²) in [4.78, 5) is 4.99. The molecule has 2 aliphatic rings. The third kappa shape index (κ3) is 7.51. The molecule has 0 atom stereocenters. The van der Waals surface area contributed by atoms with Crippen molar-refractivity contribution in [3.8, 4) is 67.5 Å². The largest absolute Gasteiger partial charge is 0.456 e. The molecule has 11 aromatic carbocycles. The fourth-order valence-corrected chi connectivity index (χ4v) is 12.8. The highest BCUT2D eigenvalue weighted by Crippen LogP contribution is 2.49. The van der Waals surface area contributed by atoms with Crippen molar-refractivity contribution in [3.63, 3.8) is 0 Å². The lowest BCUT2D eigenvalue weighted by molar-refractivity contribution is 0.628. The van der Waals surface area contributed by atoms with E-state index in [2.05, 4.69) is 235 Å². The Hall–Kier alpha value is -10.8. The van der Waals surface area contributed by atoms with Gasteiger partial charge in [0.1, 0.15) is 45.4 Å². The van der Waals surface area contributed by atoms with Crippen LogP contribution in [0.2, 0.25) is 0 Å². The van der Waals surface area contributed by atoms with Gasteiger partial charge in [-0.3, -0.25) is 0 Å². The molecule has 15 aromatic rings. The van der Waals surface area contributed by atoms with Crippen LogP contribution in [0.4, 0.5) is 34.1 Å². The van der Waals surface area contributed by atoms with E-state index in [1.165, 1.54) is 16.4 Å². The average molecular weight is 1050 g/mol. The zero-order valence-electron chi connectivity index (χ0n) is 44.5. The van der Waals surface area contributed by atoms with Crippen molar-refractivity contribution in [1.29, 1.82) is 0 Å². The number of aryl methyl sites for hydroxylation is 1. The Labute approximate surface area is 473 Å².